The molecule has 1 heterocycles. The number of nitriles is 1. The quantitative estimate of drug-likeness (QED) is 0.696. The number of benzene rings is 1. The number of piperidine rings is 1. The minimum absolute atomic E-state index is 0.581. The molecule has 0 amide bonds. The summed E-state index contributed by atoms with van der Waals surface area (Å²) in [6, 6.07) is 10.3. The lowest BCUT2D eigenvalue weighted by Gasteiger charge is -2.29. The summed E-state index contributed by atoms with van der Waals surface area (Å²) >= 11 is 0. The van der Waals surface area contributed by atoms with Crippen molar-refractivity contribution in [1.29, 1.82) is 5.26 Å². The van der Waals surface area contributed by atoms with E-state index in [0.29, 0.717) is 5.92 Å². The van der Waals surface area contributed by atoms with Crippen LogP contribution in [-0.2, 0) is 0 Å². The fourth-order valence-corrected chi connectivity index (χ4v) is 2.27. The first kappa shape index (κ1) is 10.2. The van der Waals surface area contributed by atoms with Crippen LogP contribution in [0.5, 0.6) is 0 Å². The first-order valence-electron chi connectivity index (χ1n) is 5.49. The average Bonchev–Trinajstić information content (AvgIpc) is 2.30. The fourth-order valence-electron chi connectivity index (χ4n) is 2.27. The molecule has 2 nitrogen and oxygen atoms in total. The first-order valence-corrected chi connectivity index (χ1v) is 5.49. The molecule has 0 bridgehead atoms. The molecule has 0 unspecified atom stereocenters. The van der Waals surface area contributed by atoms with Crippen molar-refractivity contribution in [2.75, 3.05) is 20.1 Å². The number of nitrogens with zero attached hydrogens (tertiary/aromatic N) is 2. The van der Waals surface area contributed by atoms with Crippen molar-refractivity contribution in [3.63, 3.8) is 0 Å². The number of likely N-dealkylation sites (tertiary alicyclic amines) is 1. The highest BCUT2D eigenvalue weighted by Gasteiger charge is 2.20. The van der Waals surface area contributed by atoms with Gasteiger partial charge in [-0.05, 0) is 50.5 Å². The molecular formula is C13H16N2. The van der Waals surface area contributed by atoms with E-state index < -0.39 is 0 Å². The van der Waals surface area contributed by atoms with Crippen LogP contribution in [-0.4, -0.2) is 25.0 Å². The number of hydrogen-bond donors (Lipinski definition) is 0. The topological polar surface area (TPSA) is 27.0 Å². The van der Waals surface area contributed by atoms with Crippen LogP contribution in [0.3, 0.4) is 0 Å². The van der Waals surface area contributed by atoms with Crippen molar-refractivity contribution in [3.8, 4) is 6.07 Å². The minimum atomic E-state index is 0.581. The lowest BCUT2D eigenvalue weighted by Crippen LogP contribution is -2.29. The van der Waals surface area contributed by atoms with Gasteiger partial charge in [-0.1, -0.05) is 18.2 Å². The largest absolute Gasteiger partial charge is 0.306 e. The zero-order valence-corrected chi connectivity index (χ0v) is 9.11. The van der Waals surface area contributed by atoms with Crippen molar-refractivity contribution >= 4 is 0 Å². The number of hydrogen-bond acceptors (Lipinski definition) is 2. The second-order valence-electron chi connectivity index (χ2n) is 4.28. The molecule has 78 valence electrons. The Bertz CT molecular complexity index is 370. The van der Waals surface area contributed by atoms with E-state index in [1.807, 2.05) is 18.2 Å². The van der Waals surface area contributed by atoms with Crippen LogP contribution < -0.4 is 0 Å². The van der Waals surface area contributed by atoms with E-state index in [2.05, 4.69) is 24.1 Å². The molecule has 1 aromatic carbocycles. The predicted molar refractivity (Wildman–Crippen MR) is 60.6 cm³/mol. The fraction of sp³-hybridized carbons (Fsp3) is 0.462. The zero-order chi connectivity index (χ0) is 10.7. The molecule has 1 saturated heterocycles. The van der Waals surface area contributed by atoms with Crippen LogP contribution in [0.15, 0.2) is 24.3 Å². The normalized spacial score (nSPS) is 18.7. The second-order valence-corrected chi connectivity index (χ2v) is 4.28. The van der Waals surface area contributed by atoms with E-state index in [1.165, 1.54) is 18.4 Å². The molecule has 1 fully saturated rings. The Labute approximate surface area is 91.1 Å². The van der Waals surface area contributed by atoms with Crippen LogP contribution in [0.4, 0.5) is 0 Å². The summed E-state index contributed by atoms with van der Waals surface area (Å²) in [5.41, 5.74) is 2.10. The van der Waals surface area contributed by atoms with Gasteiger partial charge in [-0.2, -0.15) is 5.26 Å². The summed E-state index contributed by atoms with van der Waals surface area (Å²) < 4.78 is 0. The summed E-state index contributed by atoms with van der Waals surface area (Å²) in [6.07, 6.45) is 2.35. The van der Waals surface area contributed by atoms with Crippen LogP contribution in [0.25, 0.3) is 0 Å². The van der Waals surface area contributed by atoms with Gasteiger partial charge in [0.15, 0.2) is 0 Å². The van der Waals surface area contributed by atoms with Gasteiger partial charge in [0.25, 0.3) is 0 Å². The molecule has 0 aliphatic carbocycles. The summed E-state index contributed by atoms with van der Waals surface area (Å²) in [4.78, 5) is 2.35. The van der Waals surface area contributed by atoms with Gasteiger partial charge < -0.3 is 4.90 Å². The monoisotopic (exact) mass is 200 g/mol. The van der Waals surface area contributed by atoms with Gasteiger partial charge in [0, 0.05) is 0 Å². The Morgan fingerprint density at radius 3 is 2.60 bits per heavy atom. The Hall–Kier alpha value is -1.33. The van der Waals surface area contributed by atoms with Gasteiger partial charge in [0.1, 0.15) is 0 Å². The Morgan fingerprint density at radius 2 is 1.93 bits per heavy atom. The Morgan fingerprint density at radius 1 is 1.27 bits per heavy atom. The maximum Gasteiger partial charge on any atom is 0.0994 e. The third-order valence-corrected chi connectivity index (χ3v) is 3.24. The first-order chi connectivity index (χ1) is 7.31. The third-order valence-electron chi connectivity index (χ3n) is 3.24. The van der Waals surface area contributed by atoms with Gasteiger partial charge in [-0.25, -0.2) is 0 Å². The molecule has 0 radical (unpaired) electrons. The van der Waals surface area contributed by atoms with E-state index in [9.17, 15) is 0 Å². The van der Waals surface area contributed by atoms with Crippen LogP contribution in [0, 0.1) is 11.3 Å². The molecule has 1 aliphatic rings. The second kappa shape index (κ2) is 4.46. The minimum Gasteiger partial charge on any atom is -0.306 e. The standard InChI is InChI=1S/C13H16N2/c1-15-8-6-11(7-9-15)13-5-3-2-4-12(13)10-14/h2-5,11H,6-9H2,1H3. The van der Waals surface area contributed by atoms with Crippen LogP contribution >= 0.6 is 0 Å². The van der Waals surface area contributed by atoms with E-state index in [-0.39, 0.29) is 0 Å². The van der Waals surface area contributed by atoms with E-state index in [0.717, 1.165) is 18.7 Å². The Balaban J connectivity index is 2.19. The smallest absolute Gasteiger partial charge is 0.0994 e. The molecule has 0 N–H and O–H groups in total. The summed E-state index contributed by atoms with van der Waals surface area (Å²) in [5.74, 6) is 0.581. The van der Waals surface area contributed by atoms with E-state index in [4.69, 9.17) is 5.26 Å². The van der Waals surface area contributed by atoms with Crippen molar-refractivity contribution in [1.82, 2.24) is 4.90 Å². The van der Waals surface area contributed by atoms with Gasteiger partial charge in [0.05, 0.1) is 11.6 Å². The molecule has 2 rings (SSSR count). The molecule has 2 heteroatoms. The lowest BCUT2D eigenvalue weighted by atomic mass is 9.87. The molecule has 0 aromatic heterocycles. The lowest BCUT2D eigenvalue weighted by molar-refractivity contribution is 0.255. The van der Waals surface area contributed by atoms with Gasteiger partial charge in [-0.3, -0.25) is 0 Å². The van der Waals surface area contributed by atoms with E-state index in [1.54, 1.807) is 0 Å². The van der Waals surface area contributed by atoms with Crippen LogP contribution in [0.2, 0.25) is 0 Å². The molecule has 0 spiro atoms. The third kappa shape index (κ3) is 2.19. The van der Waals surface area contributed by atoms with Crippen molar-refractivity contribution in [2.24, 2.45) is 0 Å². The van der Waals surface area contributed by atoms with Crippen molar-refractivity contribution in [3.05, 3.63) is 35.4 Å². The molecule has 15 heavy (non-hydrogen) atoms. The summed E-state index contributed by atoms with van der Waals surface area (Å²) in [7, 11) is 2.16. The molecule has 1 aliphatic heterocycles. The molecule has 0 saturated carbocycles. The highest BCUT2D eigenvalue weighted by molar-refractivity contribution is 5.39. The number of rotatable bonds is 1. The Kier molecular flexibility index (Phi) is 3.03. The van der Waals surface area contributed by atoms with Crippen molar-refractivity contribution in [2.45, 2.75) is 18.8 Å². The molecular weight excluding hydrogens is 184 g/mol. The summed E-state index contributed by atoms with van der Waals surface area (Å²) in [5, 5.41) is 9.04. The maximum absolute atomic E-state index is 9.04. The van der Waals surface area contributed by atoms with Gasteiger partial charge in [0.2, 0.25) is 0 Å². The van der Waals surface area contributed by atoms with Gasteiger partial charge in [-0.15, -0.1) is 0 Å². The van der Waals surface area contributed by atoms with E-state index >= 15 is 0 Å². The molecule has 0 atom stereocenters. The van der Waals surface area contributed by atoms with Crippen molar-refractivity contribution < 1.29 is 0 Å². The zero-order valence-electron chi connectivity index (χ0n) is 9.11. The average molecular weight is 200 g/mol. The highest BCUT2D eigenvalue weighted by atomic mass is 15.1. The maximum atomic E-state index is 9.04. The van der Waals surface area contributed by atoms with Crippen LogP contribution in [0.1, 0.15) is 29.9 Å². The predicted octanol–water partition coefficient (Wildman–Crippen LogP) is 2.37. The SMILES string of the molecule is CN1CCC(c2ccccc2C#N)CC1. The van der Waals surface area contributed by atoms with Gasteiger partial charge >= 0.3 is 0 Å². The summed E-state index contributed by atoms with van der Waals surface area (Å²) in [6.45, 7) is 2.29. The molecule has 1 aromatic rings. The highest BCUT2D eigenvalue weighted by Crippen LogP contribution is 2.29.